The van der Waals surface area contributed by atoms with Gasteiger partial charge in [0.05, 0.1) is 16.4 Å². The Morgan fingerprint density at radius 3 is 2.66 bits per heavy atom. The number of thioether (sulfide) groups is 2. The van der Waals surface area contributed by atoms with Crippen molar-refractivity contribution in [2.45, 2.75) is 22.3 Å². The zero-order valence-corrected chi connectivity index (χ0v) is 28.2. The fourth-order valence-electron chi connectivity index (χ4n) is 4.72. The molecular weight excluding hydrogens is 638 g/mol. The van der Waals surface area contributed by atoms with Gasteiger partial charge in [-0.25, -0.2) is 9.78 Å². The van der Waals surface area contributed by atoms with Gasteiger partial charge in [0.15, 0.2) is 11.2 Å². The number of β-lactam (4-membered cyclic amide) rings is 1. The number of nitrogen functional groups attached to an aromatic ring is 1. The van der Waals surface area contributed by atoms with Crippen molar-refractivity contribution in [2.24, 2.45) is 5.16 Å². The smallest absolute Gasteiger partial charge is 0.549 e. The van der Waals surface area contributed by atoms with Crippen molar-refractivity contribution in [3.05, 3.63) is 71.1 Å². The number of ether oxygens (including phenoxy) is 1. The summed E-state index contributed by atoms with van der Waals surface area (Å²) in [4.78, 5) is 60.1. The van der Waals surface area contributed by atoms with E-state index in [0.29, 0.717) is 16.4 Å². The van der Waals surface area contributed by atoms with Crippen LogP contribution < -0.4 is 45.7 Å². The van der Waals surface area contributed by atoms with E-state index < -0.39 is 47.3 Å². The molecule has 0 spiro atoms. The van der Waals surface area contributed by atoms with Gasteiger partial charge in [0.25, 0.3) is 5.91 Å². The van der Waals surface area contributed by atoms with E-state index in [1.165, 1.54) is 28.0 Å². The minimum absolute atomic E-state index is 0. The van der Waals surface area contributed by atoms with E-state index in [0.717, 1.165) is 29.1 Å². The molecule has 1 aromatic heterocycles. The number of carboxylic acids is 1. The van der Waals surface area contributed by atoms with E-state index in [-0.39, 0.29) is 47.2 Å². The number of carboxylic acid groups (broad SMARTS) is 1. The van der Waals surface area contributed by atoms with Gasteiger partial charge >= 0.3 is 35.5 Å². The number of nitrogens with zero attached hydrogens (tertiary/aromatic N) is 3. The van der Waals surface area contributed by atoms with Crippen LogP contribution in [-0.2, 0) is 28.8 Å². The zero-order valence-electron chi connectivity index (χ0n) is 23.7. The number of amides is 2. The van der Waals surface area contributed by atoms with Crippen LogP contribution in [0.15, 0.2) is 65.1 Å². The molecule has 3 N–H and O–H groups in total. The molecule has 16 heteroatoms. The number of nitrogens with one attached hydrogen (secondary N) is 1. The van der Waals surface area contributed by atoms with Crippen molar-refractivity contribution in [3.8, 4) is 11.3 Å². The summed E-state index contributed by atoms with van der Waals surface area (Å²) in [6.07, 6.45) is 1.69. The first-order valence-electron chi connectivity index (χ1n) is 12.9. The molecule has 2 aliphatic rings. The van der Waals surface area contributed by atoms with Gasteiger partial charge in [-0.1, -0.05) is 59.8 Å². The first-order chi connectivity index (χ1) is 20.7. The topological polar surface area (TPSA) is 176 Å². The number of benzene rings is 2. The van der Waals surface area contributed by atoms with Crippen LogP contribution in [0.2, 0.25) is 0 Å². The molecule has 0 saturated carbocycles. The van der Waals surface area contributed by atoms with Gasteiger partial charge in [0, 0.05) is 28.8 Å². The van der Waals surface area contributed by atoms with E-state index in [4.69, 9.17) is 15.3 Å². The number of fused-ring (bicyclic) bond motifs is 1. The molecule has 0 aliphatic carbocycles. The molecule has 2 aromatic carbocycles. The first kappa shape index (κ1) is 33.8. The average Bonchev–Trinajstić information content (AvgIpc) is 3.46. The Morgan fingerprint density at radius 2 is 1.98 bits per heavy atom. The number of oxime groups is 1. The summed E-state index contributed by atoms with van der Waals surface area (Å²) >= 11 is 3.70. The molecule has 2 aliphatic heterocycles. The SMILES string of the molecule is CSC1(C(=O)[O-])CS[C@@H]2C(NC(=O)C=NOCC(=O)OC(c3ccccc3)c3ccccc3-c3csc(N)n3)C(=O)N2C1.[Na+]. The fourth-order valence-corrected chi connectivity index (χ4v) is 7.78. The van der Waals surface area contributed by atoms with Gasteiger partial charge in [0.1, 0.15) is 17.6 Å². The van der Waals surface area contributed by atoms with Crippen LogP contribution in [0.5, 0.6) is 0 Å². The number of thiazole rings is 1. The monoisotopic (exact) mass is 663 g/mol. The second-order valence-electron chi connectivity index (χ2n) is 9.59. The van der Waals surface area contributed by atoms with Gasteiger partial charge in [-0.3, -0.25) is 9.59 Å². The molecule has 3 heterocycles. The largest absolute Gasteiger partial charge is 1.00 e. The summed E-state index contributed by atoms with van der Waals surface area (Å²) in [7, 11) is 0. The molecule has 0 radical (unpaired) electrons. The third kappa shape index (κ3) is 7.24. The number of carbonyl (C=O) groups excluding carboxylic acids is 4. The Labute approximate surface area is 287 Å². The van der Waals surface area contributed by atoms with Crippen molar-refractivity contribution in [2.75, 3.05) is 30.9 Å². The molecule has 2 amide bonds. The Bertz CT molecular complexity index is 1560. The molecule has 12 nitrogen and oxygen atoms in total. The Hall–Kier alpha value is -3.08. The number of aromatic nitrogens is 1. The van der Waals surface area contributed by atoms with Crippen LogP contribution in [-0.4, -0.2) is 81.2 Å². The average molecular weight is 664 g/mol. The number of aliphatic carboxylic acids is 1. The maximum atomic E-state index is 12.8. The minimum atomic E-state index is -1.22. The number of esters is 1. The Morgan fingerprint density at radius 1 is 1.25 bits per heavy atom. The first-order valence-corrected chi connectivity index (χ1v) is 16.1. The quantitative estimate of drug-likeness (QED) is 0.0785. The molecule has 2 fully saturated rings. The van der Waals surface area contributed by atoms with Crippen LogP contribution in [0.3, 0.4) is 0 Å². The third-order valence-electron chi connectivity index (χ3n) is 6.93. The number of rotatable bonds is 11. The summed E-state index contributed by atoms with van der Waals surface area (Å²) in [5, 5.41) is 19.5. The molecule has 224 valence electrons. The van der Waals surface area contributed by atoms with Crippen molar-refractivity contribution in [1.82, 2.24) is 15.2 Å². The standard InChI is InChI=1S/C28H27N5O7S3.Na/c1-41-28(26(37)38)14-33-24(36)22(25(33)43-15-28)32-20(34)11-30-39-12-21(35)40-23(16-7-3-2-4-8-16)18-10-6-5-9-17(18)19-13-42-27(29)31-19;/h2-11,13,22-23,25H,12,14-15H2,1H3,(H2,29,31)(H,32,34)(H,37,38);/q;+1/p-1/t22?,23?,25-,28?;/m1./s1. The van der Waals surface area contributed by atoms with Crippen LogP contribution in [0, 0.1) is 0 Å². The van der Waals surface area contributed by atoms with E-state index in [1.807, 2.05) is 60.0 Å². The zero-order chi connectivity index (χ0) is 30.6. The Balaban J connectivity index is 0.00000442. The maximum Gasteiger partial charge on any atom is 1.00 e. The predicted octanol–water partition coefficient (Wildman–Crippen LogP) is -1.72. The van der Waals surface area contributed by atoms with Crippen LogP contribution in [0.4, 0.5) is 5.13 Å². The van der Waals surface area contributed by atoms with Crippen LogP contribution in [0.1, 0.15) is 17.2 Å². The minimum Gasteiger partial charge on any atom is -0.549 e. The van der Waals surface area contributed by atoms with Crippen molar-refractivity contribution in [3.63, 3.8) is 0 Å². The van der Waals surface area contributed by atoms with Gasteiger partial charge in [0.2, 0.25) is 12.5 Å². The number of anilines is 1. The molecule has 0 bridgehead atoms. The van der Waals surface area contributed by atoms with Crippen molar-refractivity contribution < 1.29 is 63.4 Å². The number of carbonyl (C=O) groups is 4. The summed E-state index contributed by atoms with van der Waals surface area (Å²) in [5.74, 6) is -2.81. The second-order valence-corrected chi connectivity index (χ2v) is 12.8. The van der Waals surface area contributed by atoms with E-state index in [2.05, 4.69) is 15.5 Å². The fraction of sp³-hybridized carbons (Fsp3) is 0.286. The van der Waals surface area contributed by atoms with E-state index in [1.54, 1.807) is 6.26 Å². The number of nitrogens with two attached hydrogens (primary N) is 1. The molecule has 2 saturated heterocycles. The van der Waals surface area contributed by atoms with E-state index >= 15 is 0 Å². The van der Waals surface area contributed by atoms with Crippen molar-refractivity contribution in [1.29, 1.82) is 0 Å². The summed E-state index contributed by atoms with van der Waals surface area (Å²) < 4.78 is 4.62. The van der Waals surface area contributed by atoms with Gasteiger partial charge in [-0.05, 0) is 11.8 Å². The van der Waals surface area contributed by atoms with Gasteiger partial charge in [-0.15, -0.1) is 34.9 Å². The predicted molar refractivity (Wildman–Crippen MR) is 162 cm³/mol. The maximum absolute atomic E-state index is 12.8. The molecule has 3 aromatic rings. The normalized spacial score (nSPS) is 21.4. The third-order valence-corrected chi connectivity index (χ3v) is 10.5. The molecular formula is C28H26N5NaO7S3. The molecule has 3 unspecified atom stereocenters. The van der Waals surface area contributed by atoms with Gasteiger partial charge in [-0.2, -0.15) is 0 Å². The number of hydrogen-bond acceptors (Lipinski definition) is 13. The second kappa shape index (κ2) is 14.8. The van der Waals surface area contributed by atoms with Crippen molar-refractivity contribution >= 4 is 70.0 Å². The summed E-state index contributed by atoms with van der Waals surface area (Å²) in [6, 6.07) is 15.8. The van der Waals surface area contributed by atoms with E-state index in [9.17, 15) is 24.3 Å². The summed E-state index contributed by atoms with van der Waals surface area (Å²) in [5.41, 5.74) is 8.68. The molecule has 5 rings (SSSR count). The van der Waals surface area contributed by atoms with Crippen LogP contribution in [0.25, 0.3) is 11.3 Å². The van der Waals surface area contributed by atoms with Crippen LogP contribution >= 0.6 is 34.9 Å². The molecule has 44 heavy (non-hydrogen) atoms. The Kier molecular flexibility index (Phi) is 11.4. The van der Waals surface area contributed by atoms with Gasteiger partial charge < -0.3 is 35.4 Å². The molecule has 4 atom stereocenters. The number of hydrogen-bond donors (Lipinski definition) is 2. The summed E-state index contributed by atoms with van der Waals surface area (Å²) in [6.45, 7) is -0.571.